The van der Waals surface area contributed by atoms with Gasteiger partial charge in [-0.05, 0) is 55.0 Å². The van der Waals surface area contributed by atoms with E-state index in [0.29, 0.717) is 17.2 Å². The monoisotopic (exact) mass is 417 g/mol. The largest absolute Gasteiger partial charge is 0.326 e. The standard InChI is InChI=1S/C23H20FN5O2/c1-15-13-17(9-10-20(15)26-16(2)30)27-22(31)18-14-25-29(21-8-4-3-7-19(21)24)23(18)28-11-5-6-12-28/h3-14H,1-2H3,(H,26,30)(H,27,31). The van der Waals surface area contributed by atoms with E-state index < -0.39 is 11.7 Å². The fourth-order valence-corrected chi connectivity index (χ4v) is 3.30. The average molecular weight is 417 g/mol. The molecule has 2 heterocycles. The van der Waals surface area contributed by atoms with Gasteiger partial charge >= 0.3 is 0 Å². The highest BCUT2D eigenvalue weighted by atomic mass is 19.1. The summed E-state index contributed by atoms with van der Waals surface area (Å²) in [7, 11) is 0. The van der Waals surface area contributed by atoms with Gasteiger partial charge in [0.25, 0.3) is 5.91 Å². The first-order valence-electron chi connectivity index (χ1n) is 9.60. The highest BCUT2D eigenvalue weighted by Gasteiger charge is 2.21. The molecule has 2 aromatic heterocycles. The molecule has 2 aromatic carbocycles. The first-order chi connectivity index (χ1) is 14.9. The van der Waals surface area contributed by atoms with Gasteiger partial charge in [-0.2, -0.15) is 5.10 Å². The number of rotatable bonds is 5. The molecule has 0 aliphatic heterocycles. The van der Waals surface area contributed by atoms with Crippen molar-refractivity contribution >= 4 is 23.2 Å². The molecular formula is C23H20FN5O2. The Morgan fingerprint density at radius 1 is 1.00 bits per heavy atom. The van der Waals surface area contributed by atoms with E-state index in [0.717, 1.165) is 5.56 Å². The van der Waals surface area contributed by atoms with Crippen LogP contribution in [0.25, 0.3) is 11.5 Å². The first-order valence-corrected chi connectivity index (χ1v) is 9.60. The van der Waals surface area contributed by atoms with Crippen LogP contribution >= 0.6 is 0 Å². The predicted octanol–water partition coefficient (Wildman–Crippen LogP) is 4.32. The fourth-order valence-electron chi connectivity index (χ4n) is 3.30. The van der Waals surface area contributed by atoms with Gasteiger partial charge in [-0.25, -0.2) is 9.07 Å². The van der Waals surface area contributed by atoms with Crippen molar-refractivity contribution in [2.24, 2.45) is 0 Å². The molecule has 4 rings (SSSR count). The number of aromatic nitrogens is 3. The summed E-state index contributed by atoms with van der Waals surface area (Å²) in [4.78, 5) is 24.4. The maximum atomic E-state index is 14.4. The summed E-state index contributed by atoms with van der Waals surface area (Å²) in [6.07, 6.45) is 4.94. The molecule has 156 valence electrons. The fraction of sp³-hybridized carbons (Fsp3) is 0.0870. The number of anilines is 2. The van der Waals surface area contributed by atoms with Crippen LogP contribution in [0.1, 0.15) is 22.8 Å². The van der Waals surface area contributed by atoms with Crippen molar-refractivity contribution in [3.63, 3.8) is 0 Å². The minimum Gasteiger partial charge on any atom is -0.326 e. The number of nitrogens with one attached hydrogen (secondary N) is 2. The number of nitrogens with zero attached hydrogens (tertiary/aromatic N) is 3. The molecule has 0 atom stereocenters. The minimum atomic E-state index is -0.449. The summed E-state index contributed by atoms with van der Waals surface area (Å²) < 4.78 is 17.5. The van der Waals surface area contributed by atoms with Gasteiger partial charge in [0, 0.05) is 30.7 Å². The molecule has 4 aromatic rings. The van der Waals surface area contributed by atoms with Gasteiger partial charge < -0.3 is 15.2 Å². The maximum absolute atomic E-state index is 14.4. The van der Waals surface area contributed by atoms with Gasteiger partial charge in [0.05, 0.1) is 6.20 Å². The molecule has 31 heavy (non-hydrogen) atoms. The van der Waals surface area contributed by atoms with E-state index in [1.807, 2.05) is 19.1 Å². The van der Waals surface area contributed by atoms with Crippen molar-refractivity contribution in [1.82, 2.24) is 14.3 Å². The zero-order valence-electron chi connectivity index (χ0n) is 17.0. The summed E-state index contributed by atoms with van der Waals surface area (Å²) in [6, 6.07) is 15.1. The molecule has 0 saturated carbocycles. The van der Waals surface area contributed by atoms with Crippen molar-refractivity contribution in [3.8, 4) is 11.5 Å². The molecule has 2 amide bonds. The van der Waals surface area contributed by atoms with Gasteiger partial charge in [-0.15, -0.1) is 0 Å². The van der Waals surface area contributed by atoms with Crippen LogP contribution in [0.2, 0.25) is 0 Å². The average Bonchev–Trinajstić information content (AvgIpc) is 3.39. The Labute approximate surface area is 178 Å². The Bertz CT molecular complexity index is 1260. The zero-order chi connectivity index (χ0) is 22.0. The number of hydrogen-bond donors (Lipinski definition) is 2. The second-order valence-corrected chi connectivity index (χ2v) is 7.00. The summed E-state index contributed by atoms with van der Waals surface area (Å²) in [5.41, 5.74) is 2.56. The van der Waals surface area contributed by atoms with Gasteiger partial charge in [0.2, 0.25) is 5.91 Å². The summed E-state index contributed by atoms with van der Waals surface area (Å²) in [5.74, 6) is -0.593. The molecule has 0 radical (unpaired) electrons. The van der Waals surface area contributed by atoms with Crippen LogP contribution in [0.4, 0.5) is 15.8 Å². The van der Waals surface area contributed by atoms with Crippen molar-refractivity contribution < 1.29 is 14.0 Å². The van der Waals surface area contributed by atoms with Gasteiger partial charge in [-0.1, -0.05) is 12.1 Å². The van der Waals surface area contributed by atoms with Gasteiger partial charge in [0.15, 0.2) is 5.82 Å². The number of hydrogen-bond acceptors (Lipinski definition) is 3. The summed E-state index contributed by atoms with van der Waals surface area (Å²) in [5, 5.41) is 9.86. The summed E-state index contributed by atoms with van der Waals surface area (Å²) >= 11 is 0. The van der Waals surface area contributed by atoms with E-state index in [4.69, 9.17) is 0 Å². The summed E-state index contributed by atoms with van der Waals surface area (Å²) in [6.45, 7) is 3.27. The lowest BCUT2D eigenvalue weighted by Gasteiger charge is -2.13. The number of amides is 2. The number of halogens is 1. The lowest BCUT2D eigenvalue weighted by molar-refractivity contribution is -0.114. The van der Waals surface area contributed by atoms with Crippen LogP contribution in [-0.4, -0.2) is 26.2 Å². The SMILES string of the molecule is CC(=O)Nc1ccc(NC(=O)c2cnn(-c3ccccc3F)c2-n2cccc2)cc1C. The zero-order valence-corrected chi connectivity index (χ0v) is 17.0. The predicted molar refractivity (Wildman–Crippen MR) is 116 cm³/mol. The van der Waals surface area contributed by atoms with Crippen LogP contribution in [0, 0.1) is 12.7 Å². The van der Waals surface area contributed by atoms with E-state index >= 15 is 0 Å². The Kier molecular flexibility index (Phi) is 5.36. The highest BCUT2D eigenvalue weighted by molar-refractivity contribution is 6.06. The first kappa shape index (κ1) is 20.1. The lowest BCUT2D eigenvalue weighted by atomic mass is 10.1. The Morgan fingerprint density at radius 3 is 2.42 bits per heavy atom. The van der Waals surface area contributed by atoms with Crippen LogP contribution in [0.5, 0.6) is 0 Å². The number of benzene rings is 2. The van der Waals surface area contributed by atoms with E-state index in [9.17, 15) is 14.0 Å². The quantitative estimate of drug-likeness (QED) is 0.507. The molecule has 0 unspecified atom stereocenters. The number of carbonyl (C=O) groups is 2. The molecule has 0 saturated heterocycles. The molecule has 2 N–H and O–H groups in total. The molecule has 8 heteroatoms. The molecular weight excluding hydrogens is 397 g/mol. The van der Waals surface area contributed by atoms with Crippen molar-refractivity contribution in [1.29, 1.82) is 0 Å². The lowest BCUT2D eigenvalue weighted by Crippen LogP contribution is -2.16. The Morgan fingerprint density at radius 2 is 1.74 bits per heavy atom. The van der Waals surface area contributed by atoms with Gasteiger partial charge in [-0.3, -0.25) is 9.59 Å². The topological polar surface area (TPSA) is 81.0 Å². The molecule has 0 aliphatic rings. The number of aryl methyl sites for hydroxylation is 1. The normalized spacial score (nSPS) is 10.7. The van der Waals surface area contributed by atoms with Crippen LogP contribution < -0.4 is 10.6 Å². The maximum Gasteiger partial charge on any atom is 0.261 e. The van der Waals surface area contributed by atoms with E-state index in [1.165, 1.54) is 23.9 Å². The Balaban J connectivity index is 1.70. The van der Waals surface area contributed by atoms with E-state index in [1.54, 1.807) is 53.4 Å². The minimum absolute atomic E-state index is 0.170. The van der Waals surface area contributed by atoms with Crippen LogP contribution in [-0.2, 0) is 4.79 Å². The number of para-hydroxylation sites is 1. The van der Waals surface area contributed by atoms with E-state index in [2.05, 4.69) is 15.7 Å². The smallest absolute Gasteiger partial charge is 0.261 e. The Hall–Kier alpha value is -4.20. The molecule has 0 spiro atoms. The highest BCUT2D eigenvalue weighted by Crippen LogP contribution is 2.24. The second-order valence-electron chi connectivity index (χ2n) is 7.00. The van der Waals surface area contributed by atoms with E-state index in [-0.39, 0.29) is 17.2 Å². The third-order valence-electron chi connectivity index (χ3n) is 4.71. The second kappa shape index (κ2) is 8.27. The molecule has 0 fully saturated rings. The molecule has 7 nitrogen and oxygen atoms in total. The van der Waals surface area contributed by atoms with Crippen LogP contribution in [0.15, 0.2) is 73.2 Å². The molecule has 0 aliphatic carbocycles. The third-order valence-corrected chi connectivity index (χ3v) is 4.71. The van der Waals surface area contributed by atoms with Crippen molar-refractivity contribution in [2.45, 2.75) is 13.8 Å². The van der Waals surface area contributed by atoms with Crippen molar-refractivity contribution in [3.05, 3.63) is 90.1 Å². The molecule has 0 bridgehead atoms. The van der Waals surface area contributed by atoms with Gasteiger partial charge in [0.1, 0.15) is 17.1 Å². The number of carbonyl (C=O) groups excluding carboxylic acids is 2. The van der Waals surface area contributed by atoms with Crippen LogP contribution in [0.3, 0.4) is 0 Å². The van der Waals surface area contributed by atoms with Crippen molar-refractivity contribution in [2.75, 3.05) is 10.6 Å². The third kappa shape index (κ3) is 4.09.